The number of halogens is 1. The van der Waals surface area contributed by atoms with Crippen molar-refractivity contribution < 1.29 is 9.13 Å². The van der Waals surface area contributed by atoms with Crippen LogP contribution in [0.1, 0.15) is 31.2 Å². The number of fused-ring (bicyclic) bond motifs is 2. The van der Waals surface area contributed by atoms with Gasteiger partial charge in [0, 0.05) is 42.3 Å². The number of rotatable bonds is 8. The molecule has 0 aliphatic heterocycles. The van der Waals surface area contributed by atoms with E-state index < -0.39 is 5.82 Å². The normalized spacial score (nSPS) is 13.9. The van der Waals surface area contributed by atoms with E-state index in [4.69, 9.17) is 14.7 Å². The molecule has 5 heterocycles. The van der Waals surface area contributed by atoms with Gasteiger partial charge >= 0.3 is 0 Å². The number of hydrogen-bond acceptors (Lipinski definition) is 7. The van der Waals surface area contributed by atoms with E-state index in [-0.39, 0.29) is 0 Å². The topological polar surface area (TPSA) is 117 Å². The van der Waals surface area contributed by atoms with Gasteiger partial charge in [0.05, 0.1) is 29.5 Å². The van der Waals surface area contributed by atoms with E-state index in [1.54, 1.807) is 12.3 Å². The molecule has 1 saturated carbocycles. The molecule has 0 radical (unpaired) electrons. The summed E-state index contributed by atoms with van der Waals surface area (Å²) in [6.45, 7) is 1.83. The van der Waals surface area contributed by atoms with Crippen molar-refractivity contribution in [3.8, 4) is 39.8 Å². The second-order valence-corrected chi connectivity index (χ2v) is 10.5. The van der Waals surface area contributed by atoms with Gasteiger partial charge in [0.2, 0.25) is 0 Å². The molecule has 6 aromatic rings. The van der Waals surface area contributed by atoms with Crippen LogP contribution in [-0.2, 0) is 6.54 Å². The van der Waals surface area contributed by atoms with Crippen molar-refractivity contribution in [3.63, 3.8) is 0 Å². The van der Waals surface area contributed by atoms with Crippen LogP contribution >= 0.6 is 0 Å². The van der Waals surface area contributed by atoms with E-state index in [1.807, 2.05) is 30.6 Å². The van der Waals surface area contributed by atoms with Gasteiger partial charge in [-0.15, -0.1) is 0 Å². The Morgan fingerprint density at radius 1 is 0.951 bits per heavy atom. The second kappa shape index (κ2) is 10.7. The highest BCUT2D eigenvalue weighted by Gasteiger charge is 2.18. The fourth-order valence-corrected chi connectivity index (χ4v) is 5.66. The van der Waals surface area contributed by atoms with Gasteiger partial charge in [-0.2, -0.15) is 5.10 Å². The molecule has 1 aromatic carbocycles. The van der Waals surface area contributed by atoms with Crippen molar-refractivity contribution in [2.75, 3.05) is 13.7 Å². The molecule has 0 atom stereocenters. The summed E-state index contributed by atoms with van der Waals surface area (Å²) >= 11 is 0. The van der Waals surface area contributed by atoms with Gasteiger partial charge in [-0.1, -0.05) is 12.8 Å². The molecule has 5 aromatic heterocycles. The quantitative estimate of drug-likeness (QED) is 0.212. The first-order chi connectivity index (χ1) is 20.1. The SMILES string of the molecule is COc1cc(F)cc(-c2nccc3[nH]c(-c4n[nH]c5ccc(-c6cncc(CNCC7CCCC7)c6)nc45)nc23)c1. The number of imidazole rings is 1. The van der Waals surface area contributed by atoms with Gasteiger partial charge in [-0.05, 0) is 67.3 Å². The summed E-state index contributed by atoms with van der Waals surface area (Å²) in [7, 11) is 1.50. The average Bonchev–Trinajstić information content (AvgIpc) is 3.76. The highest BCUT2D eigenvalue weighted by atomic mass is 19.1. The highest BCUT2D eigenvalue weighted by molar-refractivity contribution is 5.95. The molecule has 206 valence electrons. The number of benzene rings is 1. The van der Waals surface area contributed by atoms with E-state index in [2.05, 4.69) is 36.5 Å². The van der Waals surface area contributed by atoms with Crippen molar-refractivity contribution in [1.29, 1.82) is 0 Å². The molecule has 0 bridgehead atoms. The number of H-pyrrole nitrogens is 2. The molecular weight excluding hydrogens is 519 g/mol. The first-order valence-electron chi connectivity index (χ1n) is 13.8. The first kappa shape index (κ1) is 25.3. The van der Waals surface area contributed by atoms with Crippen LogP contribution in [0, 0.1) is 11.7 Å². The summed E-state index contributed by atoms with van der Waals surface area (Å²) in [5, 5.41) is 11.2. The Labute approximate surface area is 235 Å². The maximum Gasteiger partial charge on any atom is 0.161 e. The summed E-state index contributed by atoms with van der Waals surface area (Å²) in [6.07, 6.45) is 10.8. The van der Waals surface area contributed by atoms with E-state index in [9.17, 15) is 4.39 Å². The van der Waals surface area contributed by atoms with Crippen LogP contribution in [0.2, 0.25) is 0 Å². The number of nitrogens with one attached hydrogen (secondary N) is 3. The molecule has 9 nitrogen and oxygen atoms in total. The Balaban J connectivity index is 1.21. The number of methoxy groups -OCH3 is 1. The van der Waals surface area contributed by atoms with Crippen molar-refractivity contribution in [1.82, 2.24) is 40.4 Å². The molecule has 1 aliphatic carbocycles. The minimum absolute atomic E-state index is 0.410. The predicted octanol–water partition coefficient (Wildman–Crippen LogP) is 6.05. The van der Waals surface area contributed by atoms with E-state index in [0.717, 1.165) is 46.9 Å². The maximum atomic E-state index is 14.3. The Morgan fingerprint density at radius 3 is 2.71 bits per heavy atom. The van der Waals surface area contributed by atoms with Crippen LogP contribution in [0.4, 0.5) is 4.39 Å². The number of aromatic amines is 2. The van der Waals surface area contributed by atoms with Crippen LogP contribution in [0.5, 0.6) is 5.75 Å². The zero-order valence-electron chi connectivity index (χ0n) is 22.6. The van der Waals surface area contributed by atoms with Crippen LogP contribution < -0.4 is 10.1 Å². The number of aromatic nitrogens is 7. The van der Waals surface area contributed by atoms with Gasteiger partial charge in [0.25, 0.3) is 0 Å². The van der Waals surface area contributed by atoms with Gasteiger partial charge < -0.3 is 15.0 Å². The summed E-state index contributed by atoms with van der Waals surface area (Å²) in [5.74, 6) is 1.33. The Morgan fingerprint density at radius 2 is 1.83 bits per heavy atom. The zero-order valence-corrected chi connectivity index (χ0v) is 22.6. The van der Waals surface area contributed by atoms with Crippen LogP contribution in [-0.4, -0.2) is 48.8 Å². The number of hydrogen-bond donors (Lipinski definition) is 3. The lowest BCUT2D eigenvalue weighted by Crippen LogP contribution is -2.20. The van der Waals surface area contributed by atoms with Gasteiger partial charge in [-0.25, -0.2) is 14.4 Å². The van der Waals surface area contributed by atoms with Gasteiger partial charge in [-0.3, -0.25) is 15.1 Å². The molecule has 1 fully saturated rings. The molecule has 0 saturated heterocycles. The van der Waals surface area contributed by atoms with Gasteiger partial charge in [0.1, 0.15) is 22.6 Å². The lowest BCUT2D eigenvalue weighted by atomic mass is 10.1. The molecule has 3 N–H and O–H groups in total. The third-order valence-corrected chi connectivity index (χ3v) is 7.74. The summed E-state index contributed by atoms with van der Waals surface area (Å²) in [5.41, 5.74) is 7.40. The zero-order chi connectivity index (χ0) is 27.8. The Kier molecular flexibility index (Phi) is 6.60. The van der Waals surface area contributed by atoms with E-state index >= 15 is 0 Å². The largest absolute Gasteiger partial charge is 0.497 e. The average molecular weight is 549 g/mol. The van der Waals surface area contributed by atoms with Crippen LogP contribution in [0.25, 0.3) is 56.1 Å². The van der Waals surface area contributed by atoms with E-state index in [1.165, 1.54) is 44.9 Å². The lowest BCUT2D eigenvalue weighted by Gasteiger charge is -2.11. The summed E-state index contributed by atoms with van der Waals surface area (Å²) in [4.78, 5) is 22.1. The molecule has 0 unspecified atom stereocenters. The smallest absolute Gasteiger partial charge is 0.161 e. The second-order valence-electron chi connectivity index (χ2n) is 10.5. The number of nitrogens with zero attached hydrogens (tertiary/aromatic N) is 5. The fraction of sp³-hybridized carbons (Fsp3) is 0.258. The summed E-state index contributed by atoms with van der Waals surface area (Å²) in [6, 6.07) is 12.4. The van der Waals surface area contributed by atoms with Crippen LogP contribution in [0.15, 0.2) is 61.1 Å². The Hall–Kier alpha value is -4.70. The lowest BCUT2D eigenvalue weighted by molar-refractivity contribution is 0.411. The minimum Gasteiger partial charge on any atom is -0.497 e. The van der Waals surface area contributed by atoms with E-state index in [0.29, 0.717) is 39.6 Å². The standard InChI is InChI=1S/C31H29FN8O/c1-41-23-12-20(11-22(32)13-23)27-28-25(8-9-35-27)37-31(38-28)30-29-26(39-40-30)7-6-24(36-29)21-10-19(16-34-17-21)15-33-14-18-4-2-3-5-18/h6-13,16-18,33H,2-5,14-15H2,1H3,(H,37,38)(H,39,40). The molecule has 0 amide bonds. The molecule has 10 heteroatoms. The molecule has 1 aliphatic rings. The maximum absolute atomic E-state index is 14.3. The summed E-state index contributed by atoms with van der Waals surface area (Å²) < 4.78 is 19.5. The predicted molar refractivity (Wildman–Crippen MR) is 156 cm³/mol. The molecular formula is C31H29FN8O. The number of ether oxygens (including phenoxy) is 1. The fourth-order valence-electron chi connectivity index (χ4n) is 5.66. The Bertz CT molecular complexity index is 1860. The monoisotopic (exact) mass is 548 g/mol. The van der Waals surface area contributed by atoms with Crippen molar-refractivity contribution in [2.24, 2.45) is 5.92 Å². The van der Waals surface area contributed by atoms with Crippen molar-refractivity contribution in [3.05, 3.63) is 72.4 Å². The van der Waals surface area contributed by atoms with Gasteiger partial charge in [0.15, 0.2) is 11.5 Å². The van der Waals surface area contributed by atoms with Crippen molar-refractivity contribution in [2.45, 2.75) is 32.2 Å². The first-order valence-corrected chi connectivity index (χ1v) is 13.8. The van der Waals surface area contributed by atoms with Crippen LogP contribution in [0.3, 0.4) is 0 Å². The highest BCUT2D eigenvalue weighted by Crippen LogP contribution is 2.32. The van der Waals surface area contributed by atoms with Crippen molar-refractivity contribution >= 4 is 22.1 Å². The third kappa shape index (κ3) is 5.02. The molecule has 41 heavy (non-hydrogen) atoms. The third-order valence-electron chi connectivity index (χ3n) is 7.74. The number of pyridine rings is 3. The minimum atomic E-state index is -0.410. The molecule has 0 spiro atoms. The molecule has 7 rings (SSSR count).